The molecule has 0 unspecified atom stereocenters. The molecule has 0 amide bonds. The van der Waals surface area contributed by atoms with E-state index in [4.69, 9.17) is 0 Å². The number of anilines is 2. The molecule has 28 heavy (non-hydrogen) atoms. The van der Waals surface area contributed by atoms with Crippen molar-refractivity contribution in [2.45, 2.75) is 6.92 Å². The fourth-order valence-corrected chi connectivity index (χ4v) is 2.25. The highest BCUT2D eigenvalue weighted by atomic mass is 16.1. The number of carbonyl (C=O) groups excluding carboxylic acids is 1. The van der Waals surface area contributed by atoms with E-state index in [1.807, 2.05) is 0 Å². The van der Waals surface area contributed by atoms with Gasteiger partial charge < -0.3 is 9.97 Å². The van der Waals surface area contributed by atoms with E-state index < -0.39 is 11.1 Å². The van der Waals surface area contributed by atoms with Crippen molar-refractivity contribution < 1.29 is 4.79 Å². The molecule has 0 fully saturated rings. The molecule has 0 saturated heterocycles. The van der Waals surface area contributed by atoms with Crippen LogP contribution < -0.4 is 22.0 Å². The summed E-state index contributed by atoms with van der Waals surface area (Å²) in [7, 11) is 0. The Kier molecular flexibility index (Phi) is 4.00. The molecule has 0 spiro atoms. The number of aromatic amines is 4. The highest BCUT2D eigenvalue weighted by Gasteiger charge is 2.12. The third kappa shape index (κ3) is 3.14. The summed E-state index contributed by atoms with van der Waals surface area (Å²) >= 11 is 0. The van der Waals surface area contributed by atoms with E-state index in [2.05, 4.69) is 55.8 Å². The first kappa shape index (κ1) is 16.9. The number of aldehydes is 1. The molecular formula is C13H12N12O3. The molecule has 6 N–H and O–H groups in total. The maximum absolute atomic E-state index is 12.0. The summed E-state index contributed by atoms with van der Waals surface area (Å²) in [6, 6.07) is 0. The van der Waals surface area contributed by atoms with Crippen LogP contribution in [0.2, 0.25) is 0 Å². The van der Waals surface area contributed by atoms with Crippen molar-refractivity contribution in [2.75, 3.05) is 10.9 Å². The summed E-state index contributed by atoms with van der Waals surface area (Å²) < 4.78 is 0. The Morgan fingerprint density at radius 1 is 1.00 bits per heavy atom. The number of carbonyl (C=O) groups is 1. The van der Waals surface area contributed by atoms with Crippen molar-refractivity contribution in [3.8, 4) is 0 Å². The van der Waals surface area contributed by atoms with Gasteiger partial charge in [-0.15, -0.1) is 10.3 Å². The number of hydrogen-bond acceptors (Lipinski definition) is 11. The normalized spacial score (nSPS) is 11.7. The van der Waals surface area contributed by atoms with E-state index >= 15 is 0 Å². The van der Waals surface area contributed by atoms with Gasteiger partial charge >= 0.3 is 0 Å². The molecule has 4 rings (SSSR count). The number of rotatable bonds is 6. The lowest BCUT2D eigenvalue weighted by molar-refractivity contribution is -0.102. The highest BCUT2D eigenvalue weighted by molar-refractivity contribution is 6.26. The molecule has 4 heterocycles. The van der Waals surface area contributed by atoms with Gasteiger partial charge in [0.1, 0.15) is 5.71 Å². The Labute approximate surface area is 153 Å². The van der Waals surface area contributed by atoms with Crippen LogP contribution in [-0.4, -0.2) is 57.1 Å². The van der Waals surface area contributed by atoms with Gasteiger partial charge in [-0.3, -0.25) is 24.4 Å². The number of nitrogens with zero attached hydrogens (tertiary/aromatic N) is 6. The fraction of sp³-hybridized carbons (Fsp3) is 0.0769. The number of hydrogen-bond donors (Lipinski definition) is 6. The average Bonchev–Trinajstić information content (AvgIpc) is 3.31. The van der Waals surface area contributed by atoms with Crippen molar-refractivity contribution >= 4 is 46.2 Å². The zero-order valence-electron chi connectivity index (χ0n) is 14.1. The molecule has 0 bridgehead atoms. The molecule has 0 aliphatic heterocycles. The van der Waals surface area contributed by atoms with Gasteiger partial charge in [-0.2, -0.15) is 9.97 Å². The molecular weight excluding hydrogens is 372 g/mol. The predicted octanol–water partition coefficient (Wildman–Crippen LogP) is -1.16. The predicted molar refractivity (Wildman–Crippen MR) is 97.3 cm³/mol. The van der Waals surface area contributed by atoms with Crippen molar-refractivity contribution in [2.24, 2.45) is 5.10 Å². The second kappa shape index (κ2) is 6.63. The van der Waals surface area contributed by atoms with Gasteiger partial charge in [0.05, 0.1) is 12.7 Å². The van der Waals surface area contributed by atoms with Crippen molar-refractivity contribution in [1.82, 2.24) is 45.1 Å². The van der Waals surface area contributed by atoms with Crippen molar-refractivity contribution in [3.63, 3.8) is 0 Å². The van der Waals surface area contributed by atoms with E-state index in [-0.39, 0.29) is 39.9 Å². The van der Waals surface area contributed by atoms with Gasteiger partial charge in [0.15, 0.2) is 28.6 Å². The first-order valence-electron chi connectivity index (χ1n) is 7.74. The molecule has 0 aromatic carbocycles. The Hall–Kier alpha value is -4.56. The number of nitrogens with one attached hydrogen (secondary N) is 6. The lowest BCUT2D eigenvalue weighted by Gasteiger charge is -2.20. The van der Waals surface area contributed by atoms with Crippen LogP contribution in [0.25, 0.3) is 22.3 Å². The quantitative estimate of drug-likeness (QED) is 0.133. The molecule has 0 aliphatic carbocycles. The van der Waals surface area contributed by atoms with Gasteiger partial charge in [0.2, 0.25) is 11.9 Å². The van der Waals surface area contributed by atoms with Gasteiger partial charge in [-0.1, -0.05) is 0 Å². The van der Waals surface area contributed by atoms with E-state index in [9.17, 15) is 14.4 Å². The van der Waals surface area contributed by atoms with Gasteiger partial charge in [-0.05, 0) is 6.92 Å². The lowest BCUT2D eigenvalue weighted by atomic mass is 10.5. The van der Waals surface area contributed by atoms with Crippen LogP contribution in [0.4, 0.5) is 11.9 Å². The van der Waals surface area contributed by atoms with Gasteiger partial charge in [0, 0.05) is 0 Å². The maximum atomic E-state index is 12.0. The lowest BCUT2D eigenvalue weighted by Crippen LogP contribution is -2.35. The summed E-state index contributed by atoms with van der Waals surface area (Å²) in [4.78, 5) is 61.4. The largest absolute Gasteiger partial charge is 0.339 e. The standard InChI is InChI=1S/C13H12N12O3/c1-5(2-26)22-25(23-12-18-8-6(10(27)20-12)14-3-16-8)24-13-19-9-7(11(28)21-13)15-4-17-9/h2-4H,1H3,(H3,14,16,18,20,23,27)(H3,15,17,19,21,24,28). The molecule has 4 aromatic heterocycles. The zero-order chi connectivity index (χ0) is 19.7. The Morgan fingerprint density at radius 3 is 1.96 bits per heavy atom. The molecule has 0 radical (unpaired) electrons. The summed E-state index contributed by atoms with van der Waals surface area (Å²) in [6.45, 7) is 1.45. The minimum Gasteiger partial charge on any atom is -0.339 e. The van der Waals surface area contributed by atoms with Crippen LogP contribution in [0.15, 0.2) is 27.3 Å². The topological polar surface area (TPSA) is 206 Å². The monoisotopic (exact) mass is 384 g/mol. The minimum atomic E-state index is -0.467. The van der Waals surface area contributed by atoms with Crippen LogP contribution >= 0.6 is 0 Å². The molecule has 0 saturated carbocycles. The maximum Gasteiger partial charge on any atom is 0.278 e. The third-order valence-electron chi connectivity index (χ3n) is 3.44. The van der Waals surface area contributed by atoms with E-state index in [0.717, 1.165) is 5.23 Å². The van der Waals surface area contributed by atoms with Gasteiger partial charge in [0.25, 0.3) is 11.1 Å². The summed E-state index contributed by atoms with van der Waals surface area (Å²) in [5.41, 5.74) is 5.17. The highest BCUT2D eigenvalue weighted by Crippen LogP contribution is 2.07. The van der Waals surface area contributed by atoms with E-state index in [1.54, 1.807) is 0 Å². The number of imidazole rings is 2. The fourth-order valence-electron chi connectivity index (χ4n) is 2.25. The van der Waals surface area contributed by atoms with Crippen molar-refractivity contribution in [3.05, 3.63) is 33.4 Å². The molecule has 15 nitrogen and oxygen atoms in total. The number of H-pyrrole nitrogens is 4. The Balaban J connectivity index is 1.68. The van der Waals surface area contributed by atoms with E-state index in [0.29, 0.717) is 6.29 Å². The number of hydrazine groups is 2. The van der Waals surface area contributed by atoms with Crippen LogP contribution in [-0.2, 0) is 4.79 Å². The van der Waals surface area contributed by atoms with Crippen LogP contribution in [0.1, 0.15) is 6.92 Å². The minimum absolute atomic E-state index is 0.0252. The molecule has 4 aromatic rings. The number of aromatic nitrogens is 8. The SMILES string of the molecule is CC(C=O)=NN(Nc1nc2nc[nH]c2c(=O)[nH]1)Nc1nc2nc[nH]c2c(=O)[nH]1. The summed E-state index contributed by atoms with van der Waals surface area (Å²) in [5, 5.41) is 4.90. The molecule has 0 aliphatic rings. The smallest absolute Gasteiger partial charge is 0.278 e. The molecule has 142 valence electrons. The van der Waals surface area contributed by atoms with Crippen LogP contribution in [0.5, 0.6) is 0 Å². The van der Waals surface area contributed by atoms with Crippen LogP contribution in [0, 0.1) is 0 Å². The first-order valence-corrected chi connectivity index (χ1v) is 7.74. The number of fused-ring (bicyclic) bond motifs is 2. The molecule has 0 atom stereocenters. The summed E-state index contributed by atoms with van der Waals surface area (Å²) in [6.07, 6.45) is 3.17. The second-order valence-electron chi connectivity index (χ2n) is 5.43. The number of hydrazone groups is 1. The Bertz CT molecular complexity index is 1220. The molecule has 15 heteroatoms. The first-order chi connectivity index (χ1) is 13.5. The third-order valence-corrected chi connectivity index (χ3v) is 3.44. The Morgan fingerprint density at radius 2 is 1.50 bits per heavy atom. The van der Waals surface area contributed by atoms with E-state index in [1.165, 1.54) is 19.6 Å². The summed E-state index contributed by atoms with van der Waals surface area (Å²) in [5.74, 6) is -0.0505. The second-order valence-corrected chi connectivity index (χ2v) is 5.43. The van der Waals surface area contributed by atoms with Crippen LogP contribution in [0.3, 0.4) is 0 Å². The zero-order valence-corrected chi connectivity index (χ0v) is 14.1. The van der Waals surface area contributed by atoms with Crippen molar-refractivity contribution in [1.29, 1.82) is 0 Å². The van der Waals surface area contributed by atoms with Gasteiger partial charge in [-0.25, -0.2) is 20.8 Å². The average molecular weight is 384 g/mol.